The van der Waals surface area contributed by atoms with Gasteiger partial charge in [-0.1, -0.05) is 41.9 Å². The van der Waals surface area contributed by atoms with Crippen LogP contribution in [0.4, 0.5) is 5.69 Å². The second-order valence-corrected chi connectivity index (χ2v) is 7.13. The molecule has 146 valence electrons. The lowest BCUT2D eigenvalue weighted by Crippen LogP contribution is -2.33. The molecule has 0 unspecified atom stereocenters. The molecule has 0 radical (unpaired) electrons. The molecule has 1 N–H and O–H groups in total. The highest BCUT2D eigenvalue weighted by molar-refractivity contribution is 6.30. The van der Waals surface area contributed by atoms with Gasteiger partial charge in [0.05, 0.1) is 16.6 Å². The van der Waals surface area contributed by atoms with Gasteiger partial charge in [-0.3, -0.25) is 15.0 Å². The monoisotopic (exact) mass is 415 g/mol. The lowest BCUT2D eigenvalue weighted by atomic mass is 10.2. The highest BCUT2D eigenvalue weighted by atomic mass is 35.5. The number of nitrogens with one attached hydrogen (secondary N) is 1. The number of aromatic nitrogens is 2. The van der Waals surface area contributed by atoms with Crippen molar-refractivity contribution >= 4 is 44.9 Å². The molecular weight excluding hydrogens is 402 g/mol. The Morgan fingerprint density at radius 2 is 1.70 bits per heavy atom. The zero-order valence-corrected chi connectivity index (χ0v) is 16.3. The summed E-state index contributed by atoms with van der Waals surface area (Å²) in [6.07, 6.45) is 0. The van der Waals surface area contributed by atoms with Gasteiger partial charge in [0.25, 0.3) is 11.3 Å². The lowest BCUT2D eigenvalue weighted by Gasteiger charge is -2.14. The fraction of sp³-hybridized carbons (Fsp3) is 0. The Morgan fingerprint density at radius 3 is 2.50 bits per heavy atom. The Balaban J connectivity index is 1.69. The predicted molar refractivity (Wildman–Crippen MR) is 116 cm³/mol. The van der Waals surface area contributed by atoms with E-state index in [0.717, 1.165) is 10.1 Å². The summed E-state index contributed by atoms with van der Waals surface area (Å²) < 4.78 is 6.85. The number of hydrogen-bond donors (Lipinski definition) is 1. The summed E-state index contributed by atoms with van der Waals surface area (Å²) in [6, 6.07) is 22.6. The third-order valence-corrected chi connectivity index (χ3v) is 4.97. The number of furan rings is 1. The number of halogens is 1. The van der Waals surface area contributed by atoms with Crippen LogP contribution in [-0.2, 0) is 0 Å². The van der Waals surface area contributed by atoms with E-state index >= 15 is 0 Å². The number of benzene rings is 3. The summed E-state index contributed by atoms with van der Waals surface area (Å²) in [4.78, 5) is 30.9. The number of ketones is 1. The standard InChI is InChI=1S/C23H14ClN3O3/c24-15-9-11-16(12-10-15)26-27-22(25-18-7-3-2-6-17(18)23(27)29)21(28)20-13-14-5-1-4-8-19(14)30-20/h1-13,26H. The fourth-order valence-electron chi connectivity index (χ4n) is 3.25. The Hall–Kier alpha value is -3.90. The van der Waals surface area contributed by atoms with E-state index in [2.05, 4.69) is 10.4 Å². The van der Waals surface area contributed by atoms with Gasteiger partial charge < -0.3 is 4.42 Å². The van der Waals surface area contributed by atoms with Crippen LogP contribution in [-0.4, -0.2) is 15.4 Å². The number of carbonyl (C=O) groups excluding carboxylic acids is 1. The first kappa shape index (κ1) is 18.1. The van der Waals surface area contributed by atoms with E-state index in [4.69, 9.17) is 16.0 Å². The van der Waals surface area contributed by atoms with Crippen molar-refractivity contribution in [3.63, 3.8) is 0 Å². The maximum absolute atomic E-state index is 13.3. The van der Waals surface area contributed by atoms with Gasteiger partial charge in [0, 0.05) is 10.4 Å². The average Bonchev–Trinajstić information content (AvgIpc) is 3.21. The predicted octanol–water partition coefficient (Wildman–Crippen LogP) is 4.90. The first-order valence-corrected chi connectivity index (χ1v) is 9.55. The van der Waals surface area contributed by atoms with Crippen LogP contribution in [0.1, 0.15) is 16.4 Å². The molecule has 3 aromatic carbocycles. The van der Waals surface area contributed by atoms with E-state index in [1.807, 2.05) is 18.2 Å². The molecule has 0 spiro atoms. The Labute approximate surface area is 175 Å². The summed E-state index contributed by atoms with van der Waals surface area (Å²) in [5.41, 5.74) is 4.16. The van der Waals surface area contributed by atoms with E-state index < -0.39 is 11.3 Å². The van der Waals surface area contributed by atoms with Crippen molar-refractivity contribution in [1.29, 1.82) is 0 Å². The van der Waals surface area contributed by atoms with Gasteiger partial charge >= 0.3 is 0 Å². The molecule has 6 nitrogen and oxygen atoms in total. The molecule has 5 aromatic rings. The zero-order chi connectivity index (χ0) is 20.7. The molecule has 0 aliphatic heterocycles. The molecule has 0 amide bonds. The van der Waals surface area contributed by atoms with E-state index in [1.54, 1.807) is 60.7 Å². The molecule has 0 saturated carbocycles. The molecule has 0 saturated heterocycles. The van der Waals surface area contributed by atoms with Crippen LogP contribution in [0.3, 0.4) is 0 Å². The van der Waals surface area contributed by atoms with Gasteiger partial charge in [-0.15, -0.1) is 0 Å². The van der Waals surface area contributed by atoms with Crippen molar-refractivity contribution in [2.45, 2.75) is 0 Å². The maximum Gasteiger partial charge on any atom is 0.280 e. The van der Waals surface area contributed by atoms with Gasteiger partial charge in [0.2, 0.25) is 5.82 Å². The molecule has 2 heterocycles. The number of nitrogens with zero attached hydrogens (tertiary/aromatic N) is 2. The largest absolute Gasteiger partial charge is 0.452 e. The fourth-order valence-corrected chi connectivity index (χ4v) is 3.37. The Morgan fingerprint density at radius 1 is 0.967 bits per heavy atom. The Kier molecular flexibility index (Phi) is 4.34. The van der Waals surface area contributed by atoms with Crippen LogP contribution in [0.15, 0.2) is 88.1 Å². The van der Waals surface area contributed by atoms with Crippen molar-refractivity contribution in [3.05, 3.63) is 106 Å². The van der Waals surface area contributed by atoms with Crippen LogP contribution >= 0.6 is 11.6 Å². The highest BCUT2D eigenvalue weighted by Crippen LogP contribution is 2.22. The number of carbonyl (C=O) groups is 1. The summed E-state index contributed by atoms with van der Waals surface area (Å²) in [5.74, 6) is -0.478. The highest BCUT2D eigenvalue weighted by Gasteiger charge is 2.22. The van der Waals surface area contributed by atoms with Crippen LogP contribution in [0.2, 0.25) is 5.02 Å². The summed E-state index contributed by atoms with van der Waals surface area (Å²) in [6.45, 7) is 0. The van der Waals surface area contributed by atoms with Crippen LogP contribution in [0, 0.1) is 0 Å². The summed E-state index contributed by atoms with van der Waals surface area (Å²) >= 11 is 5.95. The van der Waals surface area contributed by atoms with Gasteiger partial charge in [-0.05, 0) is 48.5 Å². The van der Waals surface area contributed by atoms with Crippen LogP contribution in [0.25, 0.3) is 21.9 Å². The number of hydrogen-bond acceptors (Lipinski definition) is 5. The topological polar surface area (TPSA) is 77.1 Å². The lowest BCUT2D eigenvalue weighted by molar-refractivity contribution is 0.0998. The minimum absolute atomic E-state index is 0.0762. The van der Waals surface area contributed by atoms with E-state index in [-0.39, 0.29) is 11.6 Å². The van der Waals surface area contributed by atoms with E-state index in [9.17, 15) is 9.59 Å². The molecular formula is C23H14ClN3O3. The number of para-hydroxylation sites is 2. The summed E-state index contributed by atoms with van der Waals surface area (Å²) in [7, 11) is 0. The molecule has 30 heavy (non-hydrogen) atoms. The first-order valence-electron chi connectivity index (χ1n) is 9.18. The smallest absolute Gasteiger partial charge is 0.280 e. The van der Waals surface area contributed by atoms with Crippen LogP contribution in [0.5, 0.6) is 0 Å². The second-order valence-electron chi connectivity index (χ2n) is 6.69. The van der Waals surface area contributed by atoms with Crippen molar-refractivity contribution in [2.24, 2.45) is 0 Å². The van der Waals surface area contributed by atoms with Gasteiger partial charge in [-0.2, -0.15) is 4.68 Å². The quantitative estimate of drug-likeness (QED) is 0.422. The van der Waals surface area contributed by atoms with Crippen molar-refractivity contribution in [1.82, 2.24) is 9.66 Å². The van der Waals surface area contributed by atoms with Crippen molar-refractivity contribution in [3.8, 4) is 0 Å². The van der Waals surface area contributed by atoms with Gasteiger partial charge in [0.1, 0.15) is 5.58 Å². The third-order valence-electron chi connectivity index (χ3n) is 4.71. The van der Waals surface area contributed by atoms with Gasteiger partial charge in [-0.25, -0.2) is 4.98 Å². The molecule has 0 aliphatic carbocycles. The number of fused-ring (bicyclic) bond motifs is 2. The average molecular weight is 416 g/mol. The van der Waals surface area contributed by atoms with Crippen LogP contribution < -0.4 is 11.0 Å². The number of anilines is 1. The molecule has 5 rings (SSSR count). The second kappa shape index (κ2) is 7.17. The maximum atomic E-state index is 13.3. The summed E-state index contributed by atoms with van der Waals surface area (Å²) in [5, 5.41) is 1.74. The van der Waals surface area contributed by atoms with E-state index in [1.165, 1.54) is 0 Å². The van der Waals surface area contributed by atoms with E-state index in [0.29, 0.717) is 27.2 Å². The molecule has 0 aliphatic rings. The van der Waals surface area contributed by atoms with Crippen molar-refractivity contribution in [2.75, 3.05) is 5.43 Å². The number of rotatable bonds is 4. The normalized spacial score (nSPS) is 11.1. The molecule has 0 atom stereocenters. The molecule has 0 fully saturated rings. The SMILES string of the molecule is O=C(c1cc2ccccc2o1)c1nc2ccccc2c(=O)n1Nc1ccc(Cl)cc1. The minimum Gasteiger partial charge on any atom is -0.452 e. The molecule has 0 bridgehead atoms. The van der Waals surface area contributed by atoms with Crippen molar-refractivity contribution < 1.29 is 9.21 Å². The Bertz CT molecular complexity index is 1440. The third kappa shape index (κ3) is 3.13. The van der Waals surface area contributed by atoms with Gasteiger partial charge in [0.15, 0.2) is 5.76 Å². The molecule has 2 aromatic heterocycles. The minimum atomic E-state index is -0.504. The first-order chi connectivity index (χ1) is 14.6. The zero-order valence-electron chi connectivity index (χ0n) is 15.5. The molecule has 7 heteroatoms.